The minimum Gasteiger partial charge on any atom is -0.481 e. The standard InChI is InChI=1S/C33H48N2O10/c1-3-4-5-8-11-14-26(37)15-12-9-6-7-10-13-16-27(33(45,32(43)44)22-29(38)39)30(40)35-28(31(41)42)21-24-17-19-25(20-18-24)34-23(2)36/h13,16-20,27-28,45H,3-12,14-15,21-22H2,1-2H3,(H,34,36)(H,35,40)(H,38,39)(H,41,42)(H,43,44)/b16-13+/t27-,28+,33+/m1/s1. The van der Waals surface area contributed by atoms with Gasteiger partial charge in [-0.1, -0.05) is 69.7 Å². The van der Waals surface area contributed by atoms with Crippen molar-refractivity contribution in [3.8, 4) is 0 Å². The summed E-state index contributed by atoms with van der Waals surface area (Å²) in [6.07, 6.45) is 11.1. The van der Waals surface area contributed by atoms with Gasteiger partial charge in [0.15, 0.2) is 5.60 Å². The lowest BCUT2D eigenvalue weighted by Gasteiger charge is -2.29. The maximum atomic E-state index is 13.2. The minimum absolute atomic E-state index is 0.205. The number of carboxylic acids is 3. The van der Waals surface area contributed by atoms with Gasteiger partial charge in [0.2, 0.25) is 11.8 Å². The number of benzene rings is 1. The van der Waals surface area contributed by atoms with Crippen molar-refractivity contribution in [2.24, 2.45) is 5.92 Å². The van der Waals surface area contributed by atoms with Crippen LogP contribution in [0.15, 0.2) is 36.4 Å². The smallest absolute Gasteiger partial charge is 0.337 e. The average molecular weight is 633 g/mol. The van der Waals surface area contributed by atoms with Crippen LogP contribution in [0.5, 0.6) is 0 Å². The number of unbranched alkanes of at least 4 members (excludes halogenated alkanes) is 8. The number of carboxylic acid groups (broad SMARTS) is 3. The summed E-state index contributed by atoms with van der Waals surface area (Å²) in [5.41, 5.74) is -2.07. The summed E-state index contributed by atoms with van der Waals surface area (Å²) in [6, 6.07) is 4.67. The Morgan fingerprint density at radius 2 is 1.42 bits per heavy atom. The van der Waals surface area contributed by atoms with E-state index in [2.05, 4.69) is 17.6 Å². The van der Waals surface area contributed by atoms with Crippen molar-refractivity contribution in [2.75, 3.05) is 5.32 Å². The van der Waals surface area contributed by atoms with Crippen LogP contribution in [0, 0.1) is 5.92 Å². The van der Waals surface area contributed by atoms with E-state index in [1.165, 1.54) is 19.4 Å². The number of ketones is 1. The molecule has 1 aromatic rings. The predicted molar refractivity (Wildman–Crippen MR) is 168 cm³/mol. The average Bonchev–Trinajstić information content (AvgIpc) is 2.95. The highest BCUT2D eigenvalue weighted by molar-refractivity contribution is 5.94. The van der Waals surface area contributed by atoms with Gasteiger partial charge in [-0.2, -0.15) is 0 Å². The maximum absolute atomic E-state index is 13.2. The van der Waals surface area contributed by atoms with Crippen molar-refractivity contribution in [3.05, 3.63) is 42.0 Å². The number of allylic oxidation sites excluding steroid dienone is 1. The third-order valence-corrected chi connectivity index (χ3v) is 7.38. The molecule has 0 aliphatic heterocycles. The summed E-state index contributed by atoms with van der Waals surface area (Å²) < 4.78 is 0. The fourth-order valence-corrected chi connectivity index (χ4v) is 4.86. The Hall–Kier alpha value is -4.06. The number of nitrogens with one attached hydrogen (secondary N) is 2. The number of hydrogen-bond acceptors (Lipinski definition) is 7. The second kappa shape index (κ2) is 20.8. The number of rotatable bonds is 24. The molecule has 1 aromatic carbocycles. The van der Waals surface area contributed by atoms with E-state index in [1.807, 2.05) is 0 Å². The minimum atomic E-state index is -3.04. The quantitative estimate of drug-likeness (QED) is 0.0695. The molecule has 0 aliphatic rings. The molecule has 0 aliphatic carbocycles. The van der Waals surface area contributed by atoms with Crippen molar-refractivity contribution in [1.82, 2.24) is 5.32 Å². The van der Waals surface area contributed by atoms with Gasteiger partial charge in [-0.3, -0.25) is 19.2 Å². The Kier molecular flexibility index (Phi) is 18.0. The molecule has 0 bridgehead atoms. The van der Waals surface area contributed by atoms with Crippen LogP contribution in [-0.2, 0) is 35.2 Å². The Morgan fingerprint density at radius 3 is 1.93 bits per heavy atom. The summed E-state index contributed by atoms with van der Waals surface area (Å²) in [5, 5.41) is 44.4. The summed E-state index contributed by atoms with van der Waals surface area (Å²) in [5.74, 6) is -8.11. The van der Waals surface area contributed by atoms with Gasteiger partial charge in [0.05, 0.1) is 12.3 Å². The summed E-state index contributed by atoms with van der Waals surface area (Å²) in [7, 11) is 0. The van der Waals surface area contributed by atoms with Gasteiger partial charge in [-0.25, -0.2) is 9.59 Å². The summed E-state index contributed by atoms with van der Waals surface area (Å²) >= 11 is 0. The summed E-state index contributed by atoms with van der Waals surface area (Å²) in [6.45, 7) is 3.48. The van der Waals surface area contributed by atoms with Crippen LogP contribution in [0.3, 0.4) is 0 Å². The van der Waals surface area contributed by atoms with Gasteiger partial charge >= 0.3 is 17.9 Å². The molecule has 0 spiro atoms. The van der Waals surface area contributed by atoms with Crippen LogP contribution >= 0.6 is 0 Å². The molecule has 0 saturated carbocycles. The van der Waals surface area contributed by atoms with Crippen molar-refractivity contribution < 1.29 is 49.2 Å². The molecule has 2 amide bonds. The second-order valence-electron chi connectivity index (χ2n) is 11.3. The molecule has 3 atom stereocenters. The SMILES string of the molecule is CCCCCCCC(=O)CCCCCC/C=C/[C@H](C(=O)N[C@@H](Cc1ccc(NC(C)=O)cc1)C(=O)O)[C@@](O)(CC(=O)O)C(=O)O. The second-order valence-corrected chi connectivity index (χ2v) is 11.3. The van der Waals surface area contributed by atoms with Gasteiger partial charge < -0.3 is 31.1 Å². The van der Waals surface area contributed by atoms with Gasteiger partial charge in [0, 0.05) is 31.9 Å². The van der Waals surface area contributed by atoms with Crippen molar-refractivity contribution in [3.63, 3.8) is 0 Å². The number of aliphatic carboxylic acids is 3. The van der Waals surface area contributed by atoms with Gasteiger partial charge in [0.25, 0.3) is 0 Å². The highest BCUT2D eigenvalue weighted by Gasteiger charge is 2.49. The van der Waals surface area contributed by atoms with Crippen molar-refractivity contribution >= 4 is 41.2 Å². The number of hydrogen-bond donors (Lipinski definition) is 6. The molecular formula is C33H48N2O10. The molecule has 0 aromatic heterocycles. The molecule has 0 fully saturated rings. The van der Waals surface area contributed by atoms with E-state index in [9.17, 15) is 49.2 Å². The first kappa shape index (κ1) is 39.0. The van der Waals surface area contributed by atoms with E-state index >= 15 is 0 Å². The van der Waals surface area contributed by atoms with E-state index in [4.69, 9.17) is 0 Å². The number of carbonyl (C=O) groups excluding carboxylic acids is 3. The number of Topliss-reactive ketones (excluding diaryl/α,β-unsaturated/α-hetero) is 1. The molecule has 0 heterocycles. The molecule has 45 heavy (non-hydrogen) atoms. The first-order chi connectivity index (χ1) is 21.3. The molecule has 0 radical (unpaired) electrons. The number of amides is 2. The van der Waals surface area contributed by atoms with E-state index < -0.39 is 47.8 Å². The van der Waals surface area contributed by atoms with E-state index in [-0.39, 0.29) is 18.1 Å². The first-order valence-electron chi connectivity index (χ1n) is 15.6. The normalized spacial score (nSPS) is 13.8. The lowest BCUT2D eigenvalue weighted by Crippen LogP contribution is -2.55. The van der Waals surface area contributed by atoms with Crippen LogP contribution in [-0.4, -0.2) is 67.6 Å². The molecule has 12 nitrogen and oxygen atoms in total. The number of carbonyl (C=O) groups is 6. The zero-order valence-electron chi connectivity index (χ0n) is 26.3. The van der Waals surface area contributed by atoms with Crippen molar-refractivity contribution in [1.29, 1.82) is 0 Å². The molecule has 250 valence electrons. The van der Waals surface area contributed by atoms with E-state index in [1.54, 1.807) is 24.3 Å². The largest absolute Gasteiger partial charge is 0.481 e. The Balaban J connectivity index is 2.83. The fraction of sp³-hybridized carbons (Fsp3) is 0.576. The molecule has 0 saturated heterocycles. The van der Waals surface area contributed by atoms with Crippen LogP contribution < -0.4 is 10.6 Å². The number of aliphatic hydroxyl groups is 1. The van der Waals surface area contributed by atoms with Crippen LogP contribution in [0.25, 0.3) is 0 Å². The molecule has 0 unspecified atom stereocenters. The number of anilines is 1. The Morgan fingerprint density at radius 1 is 0.844 bits per heavy atom. The van der Waals surface area contributed by atoms with E-state index in [0.717, 1.165) is 51.0 Å². The highest BCUT2D eigenvalue weighted by Crippen LogP contribution is 2.26. The van der Waals surface area contributed by atoms with Crippen LogP contribution in [0.2, 0.25) is 0 Å². The zero-order valence-corrected chi connectivity index (χ0v) is 26.3. The third-order valence-electron chi connectivity index (χ3n) is 7.38. The van der Waals surface area contributed by atoms with Crippen LogP contribution in [0.4, 0.5) is 5.69 Å². The topological polar surface area (TPSA) is 207 Å². The lowest BCUT2D eigenvalue weighted by atomic mass is 9.82. The molecule has 1 rings (SSSR count). The lowest BCUT2D eigenvalue weighted by molar-refractivity contribution is -0.172. The maximum Gasteiger partial charge on any atom is 0.337 e. The highest BCUT2D eigenvalue weighted by atomic mass is 16.4. The molecule has 6 N–H and O–H groups in total. The van der Waals surface area contributed by atoms with E-state index in [0.29, 0.717) is 36.9 Å². The first-order valence-corrected chi connectivity index (χ1v) is 15.6. The van der Waals surface area contributed by atoms with Crippen molar-refractivity contribution in [2.45, 2.75) is 115 Å². The zero-order chi connectivity index (χ0) is 33.8. The summed E-state index contributed by atoms with van der Waals surface area (Å²) in [4.78, 5) is 71.9. The van der Waals surface area contributed by atoms with Gasteiger partial charge in [-0.05, 0) is 43.4 Å². The monoisotopic (exact) mass is 632 g/mol. The van der Waals surface area contributed by atoms with Gasteiger partial charge in [0.1, 0.15) is 11.8 Å². The molecular weight excluding hydrogens is 584 g/mol. The van der Waals surface area contributed by atoms with Crippen LogP contribution in [0.1, 0.15) is 103 Å². The van der Waals surface area contributed by atoms with Gasteiger partial charge in [-0.15, -0.1) is 0 Å². The predicted octanol–water partition coefficient (Wildman–Crippen LogP) is 4.49. The third kappa shape index (κ3) is 15.5. The Labute approximate surface area is 264 Å². The molecule has 12 heteroatoms. The Bertz CT molecular complexity index is 1160. The fourth-order valence-electron chi connectivity index (χ4n) is 4.86.